The minimum Gasteiger partial charge on any atom is -0.335 e. The van der Waals surface area contributed by atoms with Gasteiger partial charge < -0.3 is 9.80 Å². The van der Waals surface area contributed by atoms with Crippen molar-refractivity contribution in [2.45, 2.75) is 25.4 Å². The number of nitrogens with zero attached hydrogens (tertiary/aromatic N) is 5. The molecule has 152 valence electrons. The molecule has 1 aromatic carbocycles. The van der Waals surface area contributed by atoms with Crippen LogP contribution in [0.1, 0.15) is 22.3 Å². The predicted molar refractivity (Wildman–Crippen MR) is 114 cm³/mol. The third-order valence-electron chi connectivity index (χ3n) is 6.11. The molecule has 4 heterocycles. The molecular weight excluding hydrogens is 378 g/mol. The van der Waals surface area contributed by atoms with Crippen LogP contribution in [0.4, 0.5) is 5.95 Å². The van der Waals surface area contributed by atoms with Gasteiger partial charge in [0, 0.05) is 49.7 Å². The number of amides is 1. The van der Waals surface area contributed by atoms with Gasteiger partial charge in [0.1, 0.15) is 0 Å². The maximum absolute atomic E-state index is 13.0. The van der Waals surface area contributed by atoms with Crippen LogP contribution in [0.5, 0.6) is 0 Å². The number of hydrogen-bond acceptors (Lipinski definition) is 5. The van der Waals surface area contributed by atoms with Gasteiger partial charge >= 0.3 is 0 Å². The van der Waals surface area contributed by atoms with E-state index in [0.29, 0.717) is 24.7 Å². The van der Waals surface area contributed by atoms with Crippen molar-refractivity contribution < 1.29 is 4.79 Å². The maximum atomic E-state index is 13.0. The first-order chi connectivity index (χ1) is 14.5. The number of benzene rings is 1. The zero-order valence-corrected chi connectivity index (χ0v) is 17.0. The Morgan fingerprint density at radius 2 is 1.87 bits per heavy atom. The minimum atomic E-state index is -0.0951. The predicted octanol–water partition coefficient (Wildman–Crippen LogP) is 2.25. The van der Waals surface area contributed by atoms with E-state index in [9.17, 15) is 9.59 Å². The monoisotopic (exact) mass is 401 g/mol. The second-order valence-electron chi connectivity index (χ2n) is 8.10. The molecule has 2 unspecified atom stereocenters. The second kappa shape index (κ2) is 7.09. The van der Waals surface area contributed by atoms with Gasteiger partial charge in [-0.15, -0.1) is 0 Å². The Balaban J connectivity index is 1.42. The second-order valence-corrected chi connectivity index (χ2v) is 8.10. The van der Waals surface area contributed by atoms with Gasteiger partial charge in [0.2, 0.25) is 5.95 Å². The van der Waals surface area contributed by atoms with Gasteiger partial charge in [0.05, 0.1) is 17.8 Å². The summed E-state index contributed by atoms with van der Waals surface area (Å²) in [7, 11) is 1.75. The van der Waals surface area contributed by atoms with E-state index in [0.717, 1.165) is 23.1 Å². The van der Waals surface area contributed by atoms with E-state index in [1.54, 1.807) is 30.1 Å². The van der Waals surface area contributed by atoms with Crippen LogP contribution in [0.2, 0.25) is 0 Å². The molecular formula is C23H23N5O2. The van der Waals surface area contributed by atoms with Gasteiger partial charge in [-0.05, 0) is 37.6 Å². The minimum absolute atomic E-state index is 0.0817. The van der Waals surface area contributed by atoms with E-state index in [4.69, 9.17) is 4.98 Å². The van der Waals surface area contributed by atoms with Crippen molar-refractivity contribution >= 4 is 11.9 Å². The summed E-state index contributed by atoms with van der Waals surface area (Å²) >= 11 is 0. The molecule has 7 nitrogen and oxygen atoms in total. The number of carbonyl (C=O) groups is 1. The summed E-state index contributed by atoms with van der Waals surface area (Å²) in [5.41, 5.74) is 3.23. The third-order valence-corrected chi connectivity index (χ3v) is 6.11. The largest absolute Gasteiger partial charge is 0.335 e. The summed E-state index contributed by atoms with van der Waals surface area (Å²) in [6.45, 7) is 3.33. The van der Waals surface area contributed by atoms with Crippen molar-refractivity contribution in [3.05, 3.63) is 76.3 Å². The average Bonchev–Trinajstić information content (AvgIpc) is 3.36. The number of piperazine rings is 1. The smallest absolute Gasteiger partial charge is 0.255 e. The first kappa shape index (κ1) is 18.5. The number of fused-ring (bicyclic) bond motifs is 2. The van der Waals surface area contributed by atoms with Crippen molar-refractivity contribution in [3.63, 3.8) is 0 Å². The highest BCUT2D eigenvalue weighted by atomic mass is 16.2. The van der Waals surface area contributed by atoms with Gasteiger partial charge in [-0.25, -0.2) is 4.98 Å². The first-order valence-electron chi connectivity index (χ1n) is 10.1. The number of aromatic nitrogens is 3. The highest BCUT2D eigenvalue weighted by Crippen LogP contribution is 2.34. The normalized spacial score (nSPS) is 20.1. The van der Waals surface area contributed by atoms with Crippen LogP contribution in [0.3, 0.4) is 0 Å². The van der Waals surface area contributed by atoms with Crippen molar-refractivity contribution in [2.24, 2.45) is 7.05 Å². The van der Waals surface area contributed by atoms with Crippen LogP contribution in [-0.2, 0) is 7.05 Å². The molecule has 0 spiro atoms. The van der Waals surface area contributed by atoms with E-state index in [1.807, 2.05) is 48.2 Å². The van der Waals surface area contributed by atoms with E-state index in [1.165, 1.54) is 0 Å². The van der Waals surface area contributed by atoms with Crippen LogP contribution in [0.15, 0.2) is 59.7 Å². The van der Waals surface area contributed by atoms with E-state index in [-0.39, 0.29) is 23.6 Å². The van der Waals surface area contributed by atoms with E-state index in [2.05, 4.69) is 9.88 Å². The molecule has 5 rings (SSSR count). The molecule has 7 heteroatoms. The molecule has 2 bridgehead atoms. The summed E-state index contributed by atoms with van der Waals surface area (Å²) in [4.78, 5) is 38.6. The van der Waals surface area contributed by atoms with Gasteiger partial charge in [0.15, 0.2) is 0 Å². The van der Waals surface area contributed by atoms with Crippen molar-refractivity contribution in [1.29, 1.82) is 0 Å². The zero-order valence-electron chi connectivity index (χ0n) is 17.0. The van der Waals surface area contributed by atoms with Gasteiger partial charge in [-0.3, -0.25) is 19.1 Å². The topological polar surface area (TPSA) is 71.3 Å². The molecule has 2 aliphatic rings. The van der Waals surface area contributed by atoms with E-state index < -0.39 is 0 Å². The number of anilines is 1. The number of likely N-dealkylation sites (tertiary alicyclic amines) is 1. The molecule has 3 aromatic rings. The first-order valence-corrected chi connectivity index (χ1v) is 10.1. The highest BCUT2D eigenvalue weighted by molar-refractivity contribution is 5.95. The number of pyridine rings is 1. The molecule has 30 heavy (non-hydrogen) atoms. The molecule has 0 radical (unpaired) electrons. The molecule has 0 aliphatic carbocycles. The summed E-state index contributed by atoms with van der Waals surface area (Å²) in [6.07, 6.45) is 4.29. The van der Waals surface area contributed by atoms with Crippen LogP contribution in [0, 0.1) is 6.92 Å². The highest BCUT2D eigenvalue weighted by Gasteiger charge is 2.46. The van der Waals surface area contributed by atoms with Crippen molar-refractivity contribution in [2.75, 3.05) is 18.0 Å². The fourth-order valence-electron chi connectivity index (χ4n) is 4.56. The summed E-state index contributed by atoms with van der Waals surface area (Å²) < 4.78 is 1.60. The van der Waals surface area contributed by atoms with Crippen LogP contribution >= 0.6 is 0 Å². The fraction of sp³-hybridized carbons (Fsp3) is 0.304. The number of hydrogen-bond donors (Lipinski definition) is 0. The summed E-state index contributed by atoms with van der Waals surface area (Å²) in [5, 5.41) is 0. The summed E-state index contributed by atoms with van der Waals surface area (Å²) in [5.74, 6) is 0.739. The number of carbonyl (C=O) groups excluding carboxylic acids is 1. The Morgan fingerprint density at radius 3 is 2.57 bits per heavy atom. The molecule has 1 amide bonds. The van der Waals surface area contributed by atoms with Gasteiger partial charge in [-0.1, -0.05) is 17.7 Å². The maximum Gasteiger partial charge on any atom is 0.255 e. The Morgan fingerprint density at radius 1 is 1.07 bits per heavy atom. The quantitative estimate of drug-likeness (QED) is 0.673. The molecule has 2 aromatic heterocycles. The lowest BCUT2D eigenvalue weighted by atomic mass is 10.1. The lowest BCUT2D eigenvalue weighted by Crippen LogP contribution is -2.50. The molecule has 2 atom stereocenters. The van der Waals surface area contributed by atoms with Gasteiger partial charge in [0.25, 0.3) is 11.5 Å². The van der Waals surface area contributed by atoms with Gasteiger partial charge in [-0.2, -0.15) is 0 Å². The third kappa shape index (κ3) is 3.07. The molecule has 0 N–H and O–H groups in total. The number of rotatable bonds is 3. The SMILES string of the molecule is Cc1cccc(C(=O)N2CC3CC2CN3c2nc(-c3ccncc3)cc(=O)n2C)c1. The van der Waals surface area contributed by atoms with Crippen LogP contribution < -0.4 is 10.5 Å². The standard InChI is InChI=1S/C23H23N5O2/c1-15-4-3-5-17(10-15)22(30)27-13-19-11-18(27)14-28(19)23-25-20(12-21(29)26(23)2)16-6-8-24-9-7-16/h3-10,12,18-19H,11,13-14H2,1-2H3. The Labute approximate surface area is 174 Å². The zero-order chi connectivity index (χ0) is 20.8. The average molecular weight is 401 g/mol. The molecule has 2 aliphatic heterocycles. The van der Waals surface area contributed by atoms with Crippen LogP contribution in [-0.4, -0.2) is 50.5 Å². The Kier molecular flexibility index (Phi) is 4.38. The van der Waals surface area contributed by atoms with Crippen LogP contribution in [0.25, 0.3) is 11.3 Å². The van der Waals surface area contributed by atoms with E-state index >= 15 is 0 Å². The van der Waals surface area contributed by atoms with Crippen molar-refractivity contribution in [3.8, 4) is 11.3 Å². The fourth-order valence-corrected chi connectivity index (χ4v) is 4.56. The molecule has 2 saturated heterocycles. The molecule has 0 saturated carbocycles. The summed E-state index contributed by atoms with van der Waals surface area (Å²) in [6, 6.07) is 13.3. The van der Waals surface area contributed by atoms with Crippen molar-refractivity contribution in [1.82, 2.24) is 19.4 Å². The Hall–Kier alpha value is -3.48. The lowest BCUT2D eigenvalue weighted by molar-refractivity contribution is 0.0725. The number of aryl methyl sites for hydroxylation is 1. The lowest BCUT2D eigenvalue weighted by Gasteiger charge is -2.35. The molecule has 2 fully saturated rings. The Bertz CT molecular complexity index is 1170.